The lowest BCUT2D eigenvalue weighted by atomic mass is 10.0. The minimum atomic E-state index is 0. The zero-order chi connectivity index (χ0) is 23.3. The normalized spacial score (nSPS) is 10.4. The van der Waals surface area contributed by atoms with Crippen molar-refractivity contribution < 1.29 is 43.2 Å². The highest BCUT2D eigenvalue weighted by molar-refractivity contribution is 5.74. The molecule has 2 heterocycles. The van der Waals surface area contributed by atoms with Crippen LogP contribution in [-0.2, 0) is 25.9 Å². The Bertz CT molecular complexity index is 1290. The minimum Gasteiger partial charge on any atom is -1.00 e. The van der Waals surface area contributed by atoms with Crippen LogP contribution in [0.5, 0.6) is 0 Å². The van der Waals surface area contributed by atoms with Gasteiger partial charge in [-0.15, -0.1) is 0 Å². The van der Waals surface area contributed by atoms with Crippen molar-refractivity contribution in [1.29, 1.82) is 0 Å². The fourth-order valence-corrected chi connectivity index (χ4v) is 4.07. The van der Waals surface area contributed by atoms with Gasteiger partial charge in [-0.3, -0.25) is 9.05 Å². The van der Waals surface area contributed by atoms with Gasteiger partial charge in [-0.1, -0.05) is 66.7 Å². The van der Waals surface area contributed by atoms with Crippen molar-refractivity contribution in [2.75, 3.05) is 11.5 Å². The van der Waals surface area contributed by atoms with E-state index in [-0.39, 0.29) is 36.6 Å². The number of hydrogen-bond donors (Lipinski definition) is 2. The molecule has 4 N–H and O–H groups in total. The number of halogens is 2. The molecule has 3 aromatic carbocycles. The van der Waals surface area contributed by atoms with E-state index in [1.54, 1.807) is 9.36 Å². The number of nitrogens with two attached hydrogens (primary N) is 2. The number of rotatable bonds is 8. The lowest BCUT2D eigenvalue weighted by Crippen LogP contribution is -3.00. The Balaban J connectivity index is 0.00000180. The van der Waals surface area contributed by atoms with Gasteiger partial charge >= 0.3 is 23.2 Å². The average Bonchev–Trinajstić information content (AvgIpc) is 3.44. The maximum absolute atomic E-state index is 6.17. The van der Waals surface area contributed by atoms with Gasteiger partial charge < -0.3 is 36.3 Å². The number of aromatic nitrogens is 4. The molecule has 36 heavy (non-hydrogen) atoms. The number of nitrogens with zero attached hydrogens (tertiary/aromatic N) is 4. The molecule has 0 aliphatic rings. The van der Waals surface area contributed by atoms with Crippen molar-refractivity contribution in [3.05, 3.63) is 96.1 Å². The molecule has 2 aromatic heterocycles. The van der Waals surface area contributed by atoms with E-state index in [1.807, 2.05) is 60.7 Å². The van der Waals surface area contributed by atoms with Crippen molar-refractivity contribution in [2.24, 2.45) is 0 Å². The van der Waals surface area contributed by atoms with Crippen LogP contribution in [0, 0.1) is 0 Å². The molecule has 0 saturated carbocycles. The molecule has 0 atom stereocenters. The second kappa shape index (κ2) is 12.2. The van der Waals surface area contributed by atoms with Gasteiger partial charge in [0.25, 0.3) is 0 Å². The van der Waals surface area contributed by atoms with Gasteiger partial charge in [0, 0.05) is 12.8 Å². The molecular weight excluding hydrogens is 499 g/mol. The first-order chi connectivity index (χ1) is 16.7. The molecule has 8 nitrogen and oxygen atoms in total. The summed E-state index contributed by atoms with van der Waals surface area (Å²) in [6, 6.07) is 28.4. The number of anilines is 2. The average molecular weight is 525 g/mol. The monoisotopic (exact) mass is 524 g/mol. The second-order valence-corrected chi connectivity index (χ2v) is 8.07. The van der Waals surface area contributed by atoms with E-state index in [2.05, 4.69) is 34.8 Å². The standard InChI is InChI=1S/C26H26N6O2.2ClH/c27-25-23(31(29-33-25)16-14-19-8-3-1-4-9-19)21-12-7-13-22(18-21)24-26(28)34-30-32(24)17-15-20-10-5-2-6-11-20;;/h1-13,18H,14-17,27-28H2;2*1H/q+2;;/p-2. The summed E-state index contributed by atoms with van der Waals surface area (Å²) in [6.45, 7) is 1.27. The van der Waals surface area contributed by atoms with Crippen molar-refractivity contribution in [3.8, 4) is 22.5 Å². The molecule has 0 saturated heterocycles. The summed E-state index contributed by atoms with van der Waals surface area (Å²) < 4.78 is 14.3. The van der Waals surface area contributed by atoms with Crippen LogP contribution in [0.1, 0.15) is 11.1 Å². The van der Waals surface area contributed by atoms with Crippen molar-refractivity contribution in [2.45, 2.75) is 25.9 Å². The fraction of sp³-hybridized carbons (Fsp3) is 0.154. The van der Waals surface area contributed by atoms with Crippen LogP contribution in [0.2, 0.25) is 0 Å². The summed E-state index contributed by atoms with van der Waals surface area (Å²) in [5, 5.41) is 8.31. The van der Waals surface area contributed by atoms with Gasteiger partial charge in [0.05, 0.1) is 11.1 Å². The third kappa shape index (κ3) is 5.84. The molecule has 186 valence electrons. The van der Waals surface area contributed by atoms with Gasteiger partial charge in [-0.2, -0.15) is 0 Å². The van der Waals surface area contributed by atoms with E-state index in [1.165, 1.54) is 11.1 Å². The number of aryl methyl sites for hydroxylation is 4. The van der Waals surface area contributed by atoms with E-state index in [0.29, 0.717) is 13.1 Å². The van der Waals surface area contributed by atoms with Crippen molar-refractivity contribution in [1.82, 2.24) is 10.5 Å². The summed E-state index contributed by atoms with van der Waals surface area (Å²) in [5.74, 6) is 0.529. The molecule has 0 amide bonds. The summed E-state index contributed by atoms with van der Waals surface area (Å²) in [4.78, 5) is 0. The summed E-state index contributed by atoms with van der Waals surface area (Å²) >= 11 is 0. The Hall–Kier alpha value is -3.88. The third-order valence-corrected chi connectivity index (χ3v) is 5.78. The SMILES string of the molecule is Nc1on[n+](CCc2ccccc2)c1-c1cccc(-c2c(N)on[n+]2CCc2ccccc2)c1.[Cl-].[Cl-]. The van der Waals surface area contributed by atoms with E-state index >= 15 is 0 Å². The first-order valence-corrected chi connectivity index (χ1v) is 11.2. The van der Waals surface area contributed by atoms with Gasteiger partial charge in [0.1, 0.15) is 0 Å². The van der Waals surface area contributed by atoms with Gasteiger partial charge in [-0.25, -0.2) is 0 Å². The van der Waals surface area contributed by atoms with E-state index < -0.39 is 0 Å². The lowest BCUT2D eigenvalue weighted by Gasteiger charge is -2.01. The highest BCUT2D eigenvalue weighted by atomic mass is 35.5. The molecule has 0 aliphatic heterocycles. The summed E-state index contributed by atoms with van der Waals surface area (Å²) in [6.07, 6.45) is 1.62. The number of hydrogen-bond acceptors (Lipinski definition) is 6. The Kier molecular flexibility index (Phi) is 9.05. The Labute approximate surface area is 221 Å². The largest absolute Gasteiger partial charge is 1.00 e. The second-order valence-electron chi connectivity index (χ2n) is 8.07. The van der Waals surface area contributed by atoms with E-state index in [0.717, 1.165) is 35.4 Å². The fourth-order valence-electron chi connectivity index (χ4n) is 4.07. The predicted molar refractivity (Wildman–Crippen MR) is 127 cm³/mol. The molecule has 5 aromatic rings. The maximum Gasteiger partial charge on any atom is 0.304 e. The topological polar surface area (TPSA) is 112 Å². The highest BCUT2D eigenvalue weighted by Gasteiger charge is 2.28. The highest BCUT2D eigenvalue weighted by Crippen LogP contribution is 2.28. The van der Waals surface area contributed by atoms with Crippen LogP contribution >= 0.6 is 0 Å². The lowest BCUT2D eigenvalue weighted by molar-refractivity contribution is -0.752. The van der Waals surface area contributed by atoms with E-state index in [9.17, 15) is 0 Å². The zero-order valence-electron chi connectivity index (χ0n) is 19.4. The first-order valence-electron chi connectivity index (χ1n) is 11.2. The molecule has 0 fully saturated rings. The van der Waals surface area contributed by atoms with Crippen LogP contribution in [0.15, 0.2) is 94.0 Å². The smallest absolute Gasteiger partial charge is 0.304 e. The quantitative estimate of drug-likeness (QED) is 0.212. The summed E-state index contributed by atoms with van der Waals surface area (Å²) in [7, 11) is 0. The molecule has 0 radical (unpaired) electrons. The number of benzene rings is 3. The van der Waals surface area contributed by atoms with Gasteiger partial charge in [0.2, 0.25) is 10.5 Å². The van der Waals surface area contributed by atoms with E-state index in [4.69, 9.17) is 20.5 Å². The Morgan fingerprint density at radius 1 is 0.583 bits per heavy atom. The third-order valence-electron chi connectivity index (χ3n) is 5.78. The van der Waals surface area contributed by atoms with Crippen LogP contribution in [0.3, 0.4) is 0 Å². The first kappa shape index (κ1) is 26.7. The van der Waals surface area contributed by atoms with Gasteiger partial charge in [0.15, 0.2) is 13.1 Å². The van der Waals surface area contributed by atoms with Crippen LogP contribution in [-0.4, -0.2) is 10.5 Å². The van der Waals surface area contributed by atoms with Crippen LogP contribution < -0.4 is 45.6 Å². The molecule has 5 rings (SSSR count). The zero-order valence-corrected chi connectivity index (χ0v) is 20.9. The minimum absolute atomic E-state index is 0. The predicted octanol–water partition coefficient (Wildman–Crippen LogP) is -2.77. The molecule has 10 heteroatoms. The Morgan fingerprint density at radius 2 is 1.00 bits per heavy atom. The molecule has 0 spiro atoms. The molecular formula is C26H26Cl2N6O2. The maximum atomic E-state index is 6.17. The van der Waals surface area contributed by atoms with Crippen molar-refractivity contribution in [3.63, 3.8) is 0 Å². The molecule has 0 bridgehead atoms. The number of nitrogen functional groups attached to an aromatic ring is 2. The Morgan fingerprint density at radius 3 is 1.42 bits per heavy atom. The van der Waals surface area contributed by atoms with Crippen molar-refractivity contribution >= 4 is 11.8 Å². The molecule has 0 unspecified atom stereocenters. The summed E-state index contributed by atoms with van der Waals surface area (Å²) in [5.41, 5.74) is 18.0. The van der Waals surface area contributed by atoms with Crippen LogP contribution in [0.4, 0.5) is 11.8 Å². The van der Waals surface area contributed by atoms with Crippen LogP contribution in [0.25, 0.3) is 22.5 Å². The molecule has 0 aliphatic carbocycles. The van der Waals surface area contributed by atoms with Gasteiger partial charge in [-0.05, 0) is 38.7 Å².